The van der Waals surface area contributed by atoms with E-state index in [1.165, 1.54) is 42.7 Å². The third-order valence-electron chi connectivity index (χ3n) is 3.27. The minimum atomic E-state index is -4.80. The third kappa shape index (κ3) is 6.06. The Labute approximate surface area is 161 Å². The predicted molar refractivity (Wildman–Crippen MR) is 94.3 cm³/mol. The average Bonchev–Trinajstić information content (AvgIpc) is 2.65. The van der Waals surface area contributed by atoms with Gasteiger partial charge in [-0.05, 0) is 36.4 Å². The van der Waals surface area contributed by atoms with Gasteiger partial charge in [-0.2, -0.15) is 0 Å². The molecule has 29 heavy (non-hydrogen) atoms. The van der Waals surface area contributed by atoms with Crippen LogP contribution < -0.4 is 20.1 Å². The van der Waals surface area contributed by atoms with E-state index in [1.807, 2.05) is 0 Å². The van der Waals surface area contributed by atoms with Gasteiger partial charge in [-0.1, -0.05) is 12.1 Å². The summed E-state index contributed by atoms with van der Waals surface area (Å²) in [5, 5.41) is 4.85. The van der Waals surface area contributed by atoms with Gasteiger partial charge in [0.25, 0.3) is 0 Å². The maximum absolute atomic E-state index is 13.5. The number of carbonyl (C=O) groups is 1. The van der Waals surface area contributed by atoms with E-state index in [0.29, 0.717) is 0 Å². The van der Waals surface area contributed by atoms with Gasteiger partial charge < -0.3 is 20.1 Å². The zero-order chi connectivity index (χ0) is 20.9. The largest absolute Gasteiger partial charge is 0.573 e. The van der Waals surface area contributed by atoms with Gasteiger partial charge in [0, 0.05) is 5.69 Å². The molecule has 0 aliphatic heterocycles. The van der Waals surface area contributed by atoms with Crippen molar-refractivity contribution in [2.45, 2.75) is 6.36 Å². The van der Waals surface area contributed by atoms with Crippen molar-refractivity contribution in [2.24, 2.45) is 0 Å². The molecule has 1 aromatic heterocycles. The highest BCUT2D eigenvalue weighted by molar-refractivity contribution is 5.99. The first-order valence-corrected chi connectivity index (χ1v) is 7.97. The molecule has 0 fully saturated rings. The molecule has 0 atom stereocenters. The van der Waals surface area contributed by atoms with Crippen molar-refractivity contribution in [3.05, 3.63) is 66.7 Å². The Balaban J connectivity index is 1.55. The van der Waals surface area contributed by atoms with Crippen molar-refractivity contribution >= 4 is 17.4 Å². The first-order valence-electron chi connectivity index (χ1n) is 7.97. The molecule has 2 amide bonds. The molecule has 2 aromatic carbocycles. The van der Waals surface area contributed by atoms with E-state index >= 15 is 0 Å². The summed E-state index contributed by atoms with van der Waals surface area (Å²) in [6.07, 6.45) is -2.32. The fourth-order valence-electron chi connectivity index (χ4n) is 2.09. The standard InChI is InChI=1S/C18H12F4N4O3/c19-14-3-1-2-4-15(14)28-17-23-9-12(10-24-17)26-16(27)25-11-5-7-13(8-6-11)29-18(20,21)22/h1-10H,(H2,25,26,27). The number of nitrogens with zero attached hydrogens (tertiary/aromatic N) is 2. The number of benzene rings is 2. The minimum Gasteiger partial charge on any atom is -0.421 e. The van der Waals surface area contributed by atoms with E-state index in [9.17, 15) is 22.4 Å². The van der Waals surface area contributed by atoms with Crippen LogP contribution in [0.4, 0.5) is 33.7 Å². The highest BCUT2D eigenvalue weighted by Crippen LogP contribution is 2.24. The zero-order valence-electron chi connectivity index (χ0n) is 14.4. The molecule has 2 N–H and O–H groups in total. The molecule has 0 radical (unpaired) electrons. The number of para-hydroxylation sites is 1. The lowest BCUT2D eigenvalue weighted by atomic mass is 10.3. The molecule has 0 bridgehead atoms. The Hall–Kier alpha value is -3.89. The molecular formula is C18H12F4N4O3. The molecule has 0 saturated carbocycles. The summed E-state index contributed by atoms with van der Waals surface area (Å²) >= 11 is 0. The van der Waals surface area contributed by atoms with Crippen molar-refractivity contribution < 1.29 is 31.8 Å². The molecule has 7 nitrogen and oxygen atoms in total. The maximum atomic E-state index is 13.5. The molecule has 0 saturated heterocycles. The van der Waals surface area contributed by atoms with Crippen LogP contribution in [-0.2, 0) is 0 Å². The van der Waals surface area contributed by atoms with E-state index < -0.39 is 24.0 Å². The molecule has 0 unspecified atom stereocenters. The number of nitrogens with one attached hydrogen (secondary N) is 2. The van der Waals surface area contributed by atoms with E-state index in [4.69, 9.17) is 4.74 Å². The van der Waals surface area contributed by atoms with E-state index in [1.54, 1.807) is 6.07 Å². The highest BCUT2D eigenvalue weighted by atomic mass is 19.4. The highest BCUT2D eigenvalue weighted by Gasteiger charge is 2.30. The monoisotopic (exact) mass is 408 g/mol. The van der Waals surface area contributed by atoms with Crippen LogP contribution in [0.5, 0.6) is 17.5 Å². The lowest BCUT2D eigenvalue weighted by Gasteiger charge is -2.10. The normalized spacial score (nSPS) is 10.9. The number of carbonyl (C=O) groups excluding carboxylic acids is 1. The SMILES string of the molecule is O=C(Nc1ccc(OC(F)(F)F)cc1)Nc1cnc(Oc2ccccc2F)nc1. The number of hydrogen-bond donors (Lipinski definition) is 2. The van der Waals surface area contributed by atoms with Gasteiger partial charge in [-0.3, -0.25) is 0 Å². The lowest BCUT2D eigenvalue weighted by molar-refractivity contribution is -0.274. The lowest BCUT2D eigenvalue weighted by Crippen LogP contribution is -2.20. The molecule has 3 aromatic rings. The molecule has 0 aliphatic rings. The first kappa shape index (κ1) is 19.9. The van der Waals surface area contributed by atoms with Gasteiger partial charge >= 0.3 is 18.4 Å². The number of halogens is 4. The summed E-state index contributed by atoms with van der Waals surface area (Å²) in [6.45, 7) is 0. The summed E-state index contributed by atoms with van der Waals surface area (Å²) < 4.78 is 58.8. The summed E-state index contributed by atoms with van der Waals surface area (Å²) in [4.78, 5) is 19.7. The van der Waals surface area contributed by atoms with Crippen LogP contribution in [0.1, 0.15) is 0 Å². The topological polar surface area (TPSA) is 85.4 Å². The molecule has 0 aliphatic carbocycles. The predicted octanol–water partition coefficient (Wildman–Crippen LogP) is 4.95. The van der Waals surface area contributed by atoms with Crippen LogP contribution >= 0.6 is 0 Å². The van der Waals surface area contributed by atoms with Crippen molar-refractivity contribution in [1.82, 2.24) is 9.97 Å². The van der Waals surface area contributed by atoms with Crippen molar-refractivity contribution in [1.29, 1.82) is 0 Å². The van der Waals surface area contributed by atoms with Gasteiger partial charge in [-0.15, -0.1) is 13.2 Å². The van der Waals surface area contributed by atoms with Gasteiger partial charge in [0.2, 0.25) is 0 Å². The van der Waals surface area contributed by atoms with Crippen LogP contribution in [0.3, 0.4) is 0 Å². The first-order chi connectivity index (χ1) is 13.8. The second-order valence-corrected chi connectivity index (χ2v) is 5.44. The second-order valence-electron chi connectivity index (χ2n) is 5.44. The number of anilines is 2. The van der Waals surface area contributed by atoms with Crippen LogP contribution in [0.15, 0.2) is 60.9 Å². The smallest absolute Gasteiger partial charge is 0.421 e. The minimum absolute atomic E-state index is 0.0519. The van der Waals surface area contributed by atoms with Gasteiger partial charge in [0.05, 0.1) is 18.1 Å². The van der Waals surface area contributed by atoms with E-state index in [2.05, 4.69) is 25.3 Å². The van der Waals surface area contributed by atoms with Crippen molar-refractivity contribution in [3.63, 3.8) is 0 Å². The molecule has 11 heteroatoms. The summed E-state index contributed by atoms with van der Waals surface area (Å²) in [5.41, 5.74) is 0.442. The van der Waals surface area contributed by atoms with Crippen LogP contribution in [0.2, 0.25) is 0 Å². The Morgan fingerprint density at radius 3 is 2.14 bits per heavy atom. The molecule has 150 valence electrons. The fraction of sp³-hybridized carbons (Fsp3) is 0.0556. The Morgan fingerprint density at radius 1 is 0.897 bits per heavy atom. The average molecular weight is 408 g/mol. The summed E-state index contributed by atoms with van der Waals surface area (Å²) in [5.74, 6) is -1.05. The van der Waals surface area contributed by atoms with Crippen molar-refractivity contribution in [3.8, 4) is 17.5 Å². The van der Waals surface area contributed by atoms with E-state index in [-0.39, 0.29) is 23.1 Å². The quantitative estimate of drug-likeness (QED) is 0.584. The number of rotatable bonds is 5. The second kappa shape index (κ2) is 8.42. The number of hydrogen-bond acceptors (Lipinski definition) is 5. The fourth-order valence-corrected chi connectivity index (χ4v) is 2.09. The number of alkyl halides is 3. The summed E-state index contributed by atoms with van der Waals surface area (Å²) in [6, 6.07) is 9.50. The zero-order valence-corrected chi connectivity index (χ0v) is 14.4. The van der Waals surface area contributed by atoms with E-state index in [0.717, 1.165) is 12.1 Å². The van der Waals surface area contributed by atoms with Crippen LogP contribution in [-0.4, -0.2) is 22.4 Å². The molecule has 0 spiro atoms. The van der Waals surface area contributed by atoms with Crippen LogP contribution in [0.25, 0.3) is 0 Å². The molecule has 3 rings (SSSR count). The molecular weight excluding hydrogens is 396 g/mol. The Morgan fingerprint density at radius 2 is 1.52 bits per heavy atom. The Bertz CT molecular complexity index is 980. The summed E-state index contributed by atoms with van der Waals surface area (Å²) in [7, 11) is 0. The number of ether oxygens (including phenoxy) is 2. The maximum Gasteiger partial charge on any atom is 0.573 e. The molecule has 1 heterocycles. The number of urea groups is 1. The van der Waals surface area contributed by atoms with Gasteiger partial charge in [0.15, 0.2) is 11.6 Å². The Kier molecular flexibility index (Phi) is 5.77. The number of aromatic nitrogens is 2. The van der Waals surface area contributed by atoms with Crippen molar-refractivity contribution in [2.75, 3.05) is 10.6 Å². The number of amides is 2. The third-order valence-corrected chi connectivity index (χ3v) is 3.27. The van der Waals surface area contributed by atoms with Gasteiger partial charge in [0.1, 0.15) is 5.75 Å². The van der Waals surface area contributed by atoms with Crippen LogP contribution in [0, 0.1) is 5.82 Å². The van der Waals surface area contributed by atoms with Gasteiger partial charge in [-0.25, -0.2) is 19.2 Å².